The van der Waals surface area contributed by atoms with Gasteiger partial charge in [0, 0.05) is 17.4 Å². The van der Waals surface area contributed by atoms with Gasteiger partial charge in [-0.1, -0.05) is 31.2 Å². The van der Waals surface area contributed by atoms with Gasteiger partial charge in [0.25, 0.3) is 5.56 Å². The summed E-state index contributed by atoms with van der Waals surface area (Å²) in [5, 5.41) is 2.70. The molecule has 1 heterocycles. The van der Waals surface area contributed by atoms with E-state index < -0.39 is 11.2 Å². The van der Waals surface area contributed by atoms with Crippen LogP contribution in [0.25, 0.3) is 0 Å². The van der Waals surface area contributed by atoms with E-state index in [4.69, 9.17) is 4.74 Å². The van der Waals surface area contributed by atoms with Gasteiger partial charge in [-0.3, -0.25) is 9.59 Å². The van der Waals surface area contributed by atoms with Crippen LogP contribution in [0.1, 0.15) is 49.7 Å². The van der Waals surface area contributed by atoms with Crippen LogP contribution in [0.5, 0.6) is 0 Å². The lowest BCUT2D eigenvalue weighted by Gasteiger charge is -2.12. The Morgan fingerprint density at radius 2 is 2.07 bits per heavy atom. The van der Waals surface area contributed by atoms with Crippen molar-refractivity contribution in [3.05, 3.63) is 51.9 Å². The van der Waals surface area contributed by atoms with E-state index in [1.807, 2.05) is 0 Å². The standard InChI is InChI=1S/C20H25N3O4S/c1-4-6-9-16-12-17(24)23-20(22-16)28-13(3)18(25)21-15-10-7-8-14(11-15)19(26)27-5-2/h7-8,10-13H,4-6,9H2,1-3H3,(H,21,25)(H,22,23,24). The van der Waals surface area contributed by atoms with E-state index >= 15 is 0 Å². The van der Waals surface area contributed by atoms with Gasteiger partial charge in [0.05, 0.1) is 17.4 Å². The predicted octanol–water partition coefficient (Wildman–Crippen LogP) is 3.41. The number of hydrogen-bond acceptors (Lipinski definition) is 6. The largest absolute Gasteiger partial charge is 0.462 e. The second-order valence-electron chi connectivity index (χ2n) is 6.20. The second-order valence-corrected chi connectivity index (χ2v) is 7.53. The Hall–Kier alpha value is -2.61. The second kappa shape index (κ2) is 10.7. The van der Waals surface area contributed by atoms with Crippen LogP contribution >= 0.6 is 11.8 Å². The van der Waals surface area contributed by atoms with Gasteiger partial charge in [-0.15, -0.1) is 0 Å². The molecule has 1 aromatic carbocycles. The number of ether oxygens (including phenoxy) is 1. The van der Waals surface area contributed by atoms with Crippen molar-refractivity contribution >= 4 is 29.3 Å². The van der Waals surface area contributed by atoms with E-state index in [0.717, 1.165) is 25.0 Å². The van der Waals surface area contributed by atoms with Gasteiger partial charge in [-0.25, -0.2) is 9.78 Å². The summed E-state index contributed by atoms with van der Waals surface area (Å²) in [7, 11) is 0. The lowest BCUT2D eigenvalue weighted by molar-refractivity contribution is -0.115. The van der Waals surface area contributed by atoms with E-state index in [-0.39, 0.29) is 18.1 Å². The molecule has 2 aromatic rings. The molecular weight excluding hydrogens is 378 g/mol. The third kappa shape index (κ3) is 6.53. The van der Waals surface area contributed by atoms with Gasteiger partial charge in [0.1, 0.15) is 0 Å². The number of aryl methyl sites for hydroxylation is 1. The summed E-state index contributed by atoms with van der Waals surface area (Å²) in [6.45, 7) is 5.82. The van der Waals surface area contributed by atoms with Gasteiger partial charge in [0.2, 0.25) is 5.91 Å². The topological polar surface area (TPSA) is 101 Å². The zero-order chi connectivity index (χ0) is 20.5. The van der Waals surface area contributed by atoms with Crippen molar-refractivity contribution in [1.82, 2.24) is 9.97 Å². The molecule has 0 saturated heterocycles. The number of nitrogens with one attached hydrogen (secondary N) is 2. The van der Waals surface area contributed by atoms with E-state index in [1.165, 1.54) is 17.8 Å². The number of benzene rings is 1. The fraction of sp³-hybridized carbons (Fsp3) is 0.400. The Kier molecular flexibility index (Phi) is 8.25. The highest BCUT2D eigenvalue weighted by Gasteiger charge is 2.17. The Balaban J connectivity index is 2.03. The summed E-state index contributed by atoms with van der Waals surface area (Å²) in [6.07, 6.45) is 2.70. The van der Waals surface area contributed by atoms with Crippen LogP contribution in [0, 0.1) is 0 Å². The first-order valence-electron chi connectivity index (χ1n) is 9.27. The van der Waals surface area contributed by atoms with Crippen LogP contribution in [0.4, 0.5) is 5.69 Å². The van der Waals surface area contributed by atoms with Crippen molar-refractivity contribution < 1.29 is 14.3 Å². The molecule has 0 radical (unpaired) electrons. The van der Waals surface area contributed by atoms with Crippen molar-refractivity contribution in [1.29, 1.82) is 0 Å². The molecule has 0 fully saturated rings. The zero-order valence-corrected chi connectivity index (χ0v) is 17.1. The number of carbonyl (C=O) groups excluding carboxylic acids is 2. The summed E-state index contributed by atoms with van der Waals surface area (Å²) in [5.41, 5.74) is 1.37. The number of amides is 1. The number of anilines is 1. The number of aromatic nitrogens is 2. The minimum Gasteiger partial charge on any atom is -0.462 e. The summed E-state index contributed by atoms with van der Waals surface area (Å²) in [6, 6.07) is 8.06. The Labute approximate surface area is 168 Å². The molecule has 0 bridgehead atoms. The molecule has 0 aliphatic carbocycles. The SMILES string of the molecule is CCCCc1cc(=O)[nH]c(SC(C)C(=O)Nc2cccc(C(=O)OCC)c2)n1. The monoisotopic (exact) mass is 403 g/mol. The number of H-pyrrole nitrogens is 1. The fourth-order valence-corrected chi connectivity index (χ4v) is 3.26. The number of aromatic amines is 1. The van der Waals surface area contributed by atoms with Crippen molar-refractivity contribution in [3.63, 3.8) is 0 Å². The molecule has 150 valence electrons. The van der Waals surface area contributed by atoms with Gasteiger partial charge in [0.15, 0.2) is 5.16 Å². The van der Waals surface area contributed by atoms with Crippen LogP contribution in [0.3, 0.4) is 0 Å². The number of nitrogens with zero attached hydrogens (tertiary/aromatic N) is 1. The lowest BCUT2D eigenvalue weighted by Crippen LogP contribution is -2.23. The molecular formula is C20H25N3O4S. The average molecular weight is 404 g/mol. The van der Waals surface area contributed by atoms with E-state index in [2.05, 4.69) is 22.2 Å². The van der Waals surface area contributed by atoms with Gasteiger partial charge >= 0.3 is 5.97 Å². The van der Waals surface area contributed by atoms with Crippen LogP contribution in [-0.4, -0.2) is 33.7 Å². The molecule has 0 aliphatic rings. The summed E-state index contributed by atoms with van der Waals surface area (Å²) < 4.78 is 4.97. The summed E-state index contributed by atoms with van der Waals surface area (Å²) in [4.78, 5) is 43.2. The quantitative estimate of drug-likeness (QED) is 0.378. The maximum atomic E-state index is 12.5. The number of thioether (sulfide) groups is 1. The molecule has 1 unspecified atom stereocenters. The van der Waals surface area contributed by atoms with Gasteiger partial charge in [-0.05, 0) is 44.9 Å². The summed E-state index contributed by atoms with van der Waals surface area (Å²) in [5.74, 6) is -0.695. The van der Waals surface area contributed by atoms with E-state index in [9.17, 15) is 14.4 Å². The third-order valence-electron chi connectivity index (χ3n) is 3.86. The van der Waals surface area contributed by atoms with Crippen LogP contribution in [-0.2, 0) is 16.0 Å². The molecule has 0 aliphatic heterocycles. The molecule has 2 N–H and O–H groups in total. The third-order valence-corrected chi connectivity index (χ3v) is 4.84. The number of carbonyl (C=O) groups is 2. The first kappa shape index (κ1) is 21.7. The molecule has 7 nitrogen and oxygen atoms in total. The Morgan fingerprint density at radius 1 is 1.29 bits per heavy atom. The minimum atomic E-state index is -0.490. The predicted molar refractivity (Wildman–Crippen MR) is 110 cm³/mol. The molecule has 1 atom stereocenters. The zero-order valence-electron chi connectivity index (χ0n) is 16.3. The normalized spacial score (nSPS) is 11.7. The first-order valence-corrected chi connectivity index (χ1v) is 10.2. The van der Waals surface area contributed by atoms with Crippen molar-refractivity contribution in [2.45, 2.75) is 50.4 Å². The van der Waals surface area contributed by atoms with Crippen LogP contribution in [0.15, 0.2) is 40.3 Å². The lowest BCUT2D eigenvalue weighted by atomic mass is 10.2. The highest BCUT2D eigenvalue weighted by molar-refractivity contribution is 8.00. The molecule has 1 aromatic heterocycles. The molecule has 0 saturated carbocycles. The number of rotatable bonds is 9. The minimum absolute atomic E-state index is 0.224. The maximum Gasteiger partial charge on any atom is 0.338 e. The maximum absolute atomic E-state index is 12.5. The molecule has 8 heteroatoms. The first-order chi connectivity index (χ1) is 13.4. The highest BCUT2D eigenvalue weighted by atomic mass is 32.2. The Bertz CT molecular complexity index is 882. The molecule has 2 rings (SSSR count). The molecule has 1 amide bonds. The number of esters is 1. The Morgan fingerprint density at radius 3 is 2.79 bits per heavy atom. The van der Waals surface area contributed by atoms with Gasteiger partial charge < -0.3 is 15.0 Å². The van der Waals surface area contributed by atoms with Crippen molar-refractivity contribution in [2.75, 3.05) is 11.9 Å². The van der Waals surface area contributed by atoms with Crippen molar-refractivity contribution in [2.24, 2.45) is 0 Å². The molecule has 28 heavy (non-hydrogen) atoms. The van der Waals surface area contributed by atoms with E-state index in [1.54, 1.807) is 38.1 Å². The van der Waals surface area contributed by atoms with Crippen LogP contribution < -0.4 is 10.9 Å². The van der Waals surface area contributed by atoms with Crippen molar-refractivity contribution in [3.8, 4) is 0 Å². The smallest absolute Gasteiger partial charge is 0.338 e. The fourth-order valence-electron chi connectivity index (χ4n) is 2.43. The average Bonchev–Trinajstić information content (AvgIpc) is 2.66. The number of hydrogen-bond donors (Lipinski definition) is 2. The van der Waals surface area contributed by atoms with Gasteiger partial charge in [-0.2, -0.15) is 0 Å². The summed E-state index contributed by atoms with van der Waals surface area (Å²) >= 11 is 1.18. The molecule has 0 spiro atoms. The van der Waals surface area contributed by atoms with E-state index in [0.29, 0.717) is 16.4 Å². The number of unbranched alkanes of at least 4 members (excludes halogenated alkanes) is 1. The highest BCUT2D eigenvalue weighted by Crippen LogP contribution is 2.21. The van der Waals surface area contributed by atoms with Crippen LogP contribution in [0.2, 0.25) is 0 Å².